The third-order valence-electron chi connectivity index (χ3n) is 2.93. The molecule has 86 valence electrons. The fraction of sp³-hybridized carbons (Fsp3) is 0.417. The van der Waals surface area contributed by atoms with E-state index in [-0.39, 0.29) is 6.03 Å². The van der Waals surface area contributed by atoms with Crippen molar-refractivity contribution < 1.29 is 4.79 Å². The van der Waals surface area contributed by atoms with Crippen molar-refractivity contribution in [3.05, 3.63) is 24.3 Å². The second kappa shape index (κ2) is 4.43. The summed E-state index contributed by atoms with van der Waals surface area (Å²) in [5.41, 5.74) is 7.01. The van der Waals surface area contributed by atoms with Gasteiger partial charge in [0.05, 0.1) is 0 Å². The summed E-state index contributed by atoms with van der Waals surface area (Å²) in [5, 5.41) is 5.72. The molecular weight excluding hydrogens is 202 g/mol. The van der Waals surface area contributed by atoms with Gasteiger partial charge in [-0.05, 0) is 36.6 Å². The van der Waals surface area contributed by atoms with E-state index in [1.165, 1.54) is 0 Å². The van der Waals surface area contributed by atoms with Crippen molar-refractivity contribution in [2.75, 3.05) is 11.1 Å². The molecule has 1 aliphatic carbocycles. The van der Waals surface area contributed by atoms with Crippen molar-refractivity contribution in [3.8, 4) is 0 Å². The average molecular weight is 219 g/mol. The van der Waals surface area contributed by atoms with Crippen molar-refractivity contribution in [1.29, 1.82) is 0 Å². The maximum absolute atomic E-state index is 11.6. The molecule has 0 bridgehead atoms. The van der Waals surface area contributed by atoms with Crippen LogP contribution in [0.1, 0.15) is 19.8 Å². The first-order valence-electron chi connectivity index (χ1n) is 5.62. The molecule has 2 amide bonds. The standard InChI is InChI=1S/C12H17N3O/c1-2-8-7-11(8)15-12(16)14-10-5-3-9(13)4-6-10/h3-6,8,11H,2,7,13H2,1H3,(H2,14,15,16). The molecule has 2 unspecified atom stereocenters. The molecule has 1 aromatic carbocycles. The first-order valence-corrected chi connectivity index (χ1v) is 5.62. The SMILES string of the molecule is CCC1CC1NC(=O)Nc1ccc(N)cc1. The Bertz CT molecular complexity index is 374. The van der Waals surface area contributed by atoms with Crippen LogP contribution in [0.2, 0.25) is 0 Å². The minimum Gasteiger partial charge on any atom is -0.399 e. The number of carbonyl (C=O) groups excluding carboxylic acids is 1. The normalized spacial score (nSPS) is 22.6. The summed E-state index contributed by atoms with van der Waals surface area (Å²) in [7, 11) is 0. The summed E-state index contributed by atoms with van der Waals surface area (Å²) in [6.07, 6.45) is 2.23. The van der Waals surface area contributed by atoms with E-state index in [0.29, 0.717) is 17.6 Å². The fourth-order valence-corrected chi connectivity index (χ4v) is 1.78. The van der Waals surface area contributed by atoms with Crippen LogP contribution in [0.3, 0.4) is 0 Å². The molecule has 4 N–H and O–H groups in total. The molecule has 0 heterocycles. The molecule has 0 radical (unpaired) electrons. The zero-order chi connectivity index (χ0) is 11.5. The van der Waals surface area contributed by atoms with Gasteiger partial charge in [0.15, 0.2) is 0 Å². The maximum atomic E-state index is 11.6. The Hall–Kier alpha value is -1.71. The van der Waals surface area contributed by atoms with Gasteiger partial charge in [-0.15, -0.1) is 0 Å². The van der Waals surface area contributed by atoms with E-state index in [0.717, 1.165) is 18.5 Å². The summed E-state index contributed by atoms with van der Waals surface area (Å²) >= 11 is 0. The highest BCUT2D eigenvalue weighted by atomic mass is 16.2. The summed E-state index contributed by atoms with van der Waals surface area (Å²) < 4.78 is 0. The smallest absolute Gasteiger partial charge is 0.319 e. The number of nitrogens with one attached hydrogen (secondary N) is 2. The first kappa shape index (κ1) is 10.8. The lowest BCUT2D eigenvalue weighted by atomic mass is 10.3. The monoisotopic (exact) mass is 219 g/mol. The molecule has 2 rings (SSSR count). The maximum Gasteiger partial charge on any atom is 0.319 e. The number of amides is 2. The number of hydrogen-bond acceptors (Lipinski definition) is 2. The Kier molecular flexibility index (Phi) is 2.99. The Morgan fingerprint density at radius 3 is 2.69 bits per heavy atom. The number of anilines is 2. The minimum atomic E-state index is -0.134. The molecule has 0 saturated heterocycles. The predicted molar refractivity (Wildman–Crippen MR) is 65.2 cm³/mol. The van der Waals surface area contributed by atoms with Gasteiger partial charge in [-0.2, -0.15) is 0 Å². The largest absolute Gasteiger partial charge is 0.399 e. The summed E-state index contributed by atoms with van der Waals surface area (Å²) in [6, 6.07) is 7.34. The Balaban J connectivity index is 1.81. The summed E-state index contributed by atoms with van der Waals surface area (Å²) in [5.74, 6) is 0.664. The van der Waals surface area contributed by atoms with Crippen LogP contribution in [0, 0.1) is 5.92 Å². The summed E-state index contributed by atoms with van der Waals surface area (Å²) in [4.78, 5) is 11.6. The number of urea groups is 1. The second-order valence-corrected chi connectivity index (χ2v) is 4.23. The lowest BCUT2D eigenvalue weighted by Gasteiger charge is -2.07. The first-order chi connectivity index (χ1) is 7.69. The van der Waals surface area contributed by atoms with Gasteiger partial charge in [-0.25, -0.2) is 4.79 Å². The Morgan fingerprint density at radius 1 is 1.44 bits per heavy atom. The van der Waals surface area contributed by atoms with Gasteiger partial charge in [0.25, 0.3) is 0 Å². The third-order valence-corrected chi connectivity index (χ3v) is 2.93. The van der Waals surface area contributed by atoms with Gasteiger partial charge in [-0.1, -0.05) is 13.3 Å². The van der Waals surface area contributed by atoms with Gasteiger partial charge in [0, 0.05) is 17.4 Å². The molecule has 1 saturated carbocycles. The number of rotatable bonds is 3. The Labute approximate surface area is 95.2 Å². The van der Waals surface area contributed by atoms with Crippen LogP contribution >= 0.6 is 0 Å². The summed E-state index contributed by atoms with van der Waals surface area (Å²) in [6.45, 7) is 2.14. The molecule has 1 aromatic rings. The average Bonchev–Trinajstić information content (AvgIpc) is 3.00. The highest BCUT2D eigenvalue weighted by Crippen LogP contribution is 2.33. The number of nitrogens with two attached hydrogens (primary N) is 1. The highest BCUT2D eigenvalue weighted by molar-refractivity contribution is 5.89. The molecular formula is C12H17N3O. The topological polar surface area (TPSA) is 67.2 Å². The van der Waals surface area contributed by atoms with Gasteiger partial charge < -0.3 is 16.4 Å². The van der Waals surface area contributed by atoms with Crippen LogP contribution in [0.4, 0.5) is 16.2 Å². The molecule has 4 nitrogen and oxygen atoms in total. The number of hydrogen-bond donors (Lipinski definition) is 3. The molecule has 16 heavy (non-hydrogen) atoms. The molecule has 1 fully saturated rings. The van der Waals surface area contributed by atoms with Crippen LogP contribution in [0.15, 0.2) is 24.3 Å². The third kappa shape index (κ3) is 2.66. The van der Waals surface area contributed by atoms with Gasteiger partial charge in [0.2, 0.25) is 0 Å². The van der Waals surface area contributed by atoms with E-state index in [9.17, 15) is 4.79 Å². The van der Waals surface area contributed by atoms with Gasteiger partial charge in [-0.3, -0.25) is 0 Å². The molecule has 2 atom stereocenters. The van der Waals surface area contributed by atoms with Crippen molar-refractivity contribution >= 4 is 17.4 Å². The van der Waals surface area contributed by atoms with Crippen LogP contribution in [0.25, 0.3) is 0 Å². The van der Waals surface area contributed by atoms with E-state index in [4.69, 9.17) is 5.73 Å². The van der Waals surface area contributed by atoms with Crippen LogP contribution in [-0.2, 0) is 0 Å². The van der Waals surface area contributed by atoms with Gasteiger partial charge in [0.1, 0.15) is 0 Å². The van der Waals surface area contributed by atoms with Crippen LogP contribution in [0.5, 0.6) is 0 Å². The molecule has 1 aliphatic rings. The predicted octanol–water partition coefficient (Wildman–Crippen LogP) is 2.19. The molecule has 0 aliphatic heterocycles. The fourth-order valence-electron chi connectivity index (χ4n) is 1.78. The second-order valence-electron chi connectivity index (χ2n) is 4.23. The van der Waals surface area contributed by atoms with Crippen molar-refractivity contribution in [1.82, 2.24) is 5.32 Å². The van der Waals surface area contributed by atoms with E-state index < -0.39 is 0 Å². The van der Waals surface area contributed by atoms with E-state index in [2.05, 4.69) is 17.6 Å². The van der Waals surface area contributed by atoms with Crippen molar-refractivity contribution in [2.24, 2.45) is 5.92 Å². The highest BCUT2D eigenvalue weighted by Gasteiger charge is 2.36. The zero-order valence-electron chi connectivity index (χ0n) is 9.36. The number of nitrogen functional groups attached to an aromatic ring is 1. The zero-order valence-corrected chi connectivity index (χ0v) is 9.36. The van der Waals surface area contributed by atoms with E-state index in [1.807, 2.05) is 0 Å². The molecule has 4 heteroatoms. The lowest BCUT2D eigenvalue weighted by molar-refractivity contribution is 0.251. The van der Waals surface area contributed by atoms with E-state index >= 15 is 0 Å². The van der Waals surface area contributed by atoms with Crippen molar-refractivity contribution in [3.63, 3.8) is 0 Å². The van der Waals surface area contributed by atoms with Crippen LogP contribution in [-0.4, -0.2) is 12.1 Å². The minimum absolute atomic E-state index is 0.134. The quantitative estimate of drug-likeness (QED) is 0.682. The van der Waals surface area contributed by atoms with Crippen LogP contribution < -0.4 is 16.4 Å². The number of carbonyl (C=O) groups is 1. The molecule has 0 aromatic heterocycles. The lowest BCUT2D eigenvalue weighted by Crippen LogP contribution is -2.31. The molecule has 0 spiro atoms. The Morgan fingerprint density at radius 2 is 2.12 bits per heavy atom. The van der Waals surface area contributed by atoms with Gasteiger partial charge >= 0.3 is 6.03 Å². The van der Waals surface area contributed by atoms with E-state index in [1.54, 1.807) is 24.3 Å². The van der Waals surface area contributed by atoms with Crippen molar-refractivity contribution in [2.45, 2.75) is 25.8 Å². The number of benzene rings is 1.